The molecule has 0 aliphatic rings. The van der Waals surface area contributed by atoms with Crippen LogP contribution in [0.1, 0.15) is 12.5 Å². The molecule has 9 heteroatoms. The topological polar surface area (TPSA) is 101 Å². The summed E-state index contributed by atoms with van der Waals surface area (Å²) in [5, 5.41) is 10.8. The minimum atomic E-state index is -4.66. The van der Waals surface area contributed by atoms with Crippen molar-refractivity contribution in [2.24, 2.45) is 0 Å². The van der Waals surface area contributed by atoms with Crippen LogP contribution in [0.2, 0.25) is 0 Å². The summed E-state index contributed by atoms with van der Waals surface area (Å²) in [4.78, 5) is 21.5. The molecule has 1 aromatic rings. The number of carbonyl (C=O) groups is 2. The number of rotatable bonds is 6. The second-order valence-corrected chi connectivity index (χ2v) is 6.17. The Bertz CT molecular complexity index is 628. The first kappa shape index (κ1) is 17.0. The van der Waals surface area contributed by atoms with Gasteiger partial charge < -0.3 is 10.4 Å². The highest BCUT2D eigenvalue weighted by Crippen LogP contribution is 2.18. The van der Waals surface area contributed by atoms with Gasteiger partial charge in [-0.25, -0.2) is 8.42 Å². The van der Waals surface area contributed by atoms with Crippen molar-refractivity contribution in [3.05, 3.63) is 29.8 Å². The maximum atomic E-state index is 12.3. The Kier molecular flexibility index (Phi) is 5.36. The third kappa shape index (κ3) is 4.48. The van der Waals surface area contributed by atoms with Crippen molar-refractivity contribution < 1.29 is 31.9 Å². The second kappa shape index (κ2) is 6.61. The molecule has 0 radical (unpaired) electrons. The average Bonchev–Trinajstić information content (AvgIpc) is 2.38. The molecule has 6 nitrogen and oxygen atoms in total. The van der Waals surface area contributed by atoms with E-state index in [1.54, 1.807) is 0 Å². The van der Waals surface area contributed by atoms with Gasteiger partial charge in [-0.1, -0.05) is 12.1 Å². The first-order valence-electron chi connectivity index (χ1n) is 5.77. The highest BCUT2D eigenvalue weighted by atomic mass is 32.2. The molecule has 0 bridgehead atoms. The van der Waals surface area contributed by atoms with Gasteiger partial charge in [-0.05, 0) is 24.6 Å². The van der Waals surface area contributed by atoms with E-state index in [0.29, 0.717) is 5.56 Å². The van der Waals surface area contributed by atoms with Crippen molar-refractivity contribution in [2.45, 2.75) is 30.0 Å². The molecule has 0 saturated heterocycles. The van der Waals surface area contributed by atoms with E-state index in [1.165, 1.54) is 19.1 Å². The highest BCUT2D eigenvalue weighted by molar-refractivity contribution is 7.91. The Hall–Kier alpha value is -2.03. The van der Waals surface area contributed by atoms with Crippen LogP contribution in [0.3, 0.4) is 0 Å². The lowest BCUT2D eigenvalue weighted by Gasteiger charge is -2.09. The third-order valence-corrected chi connectivity index (χ3v) is 4.00. The summed E-state index contributed by atoms with van der Waals surface area (Å²) in [6.07, 6.45) is -0.188. The smallest absolute Gasteiger partial charge is 0.341 e. The lowest BCUT2D eigenvalue weighted by atomic mass is 10.1. The standard InChI is InChI=1S/C12H13F2NO5S/c1-7(11(17)18)15-10(16)6-8-2-4-9(5-3-8)21(19,20)12(13)14/h2-5,7,12H,6H2,1H3,(H,15,16)(H,17,18). The molecule has 0 saturated carbocycles. The van der Waals surface area contributed by atoms with Crippen molar-refractivity contribution in [1.29, 1.82) is 0 Å². The summed E-state index contributed by atoms with van der Waals surface area (Å²) in [5.74, 6) is -5.28. The predicted octanol–water partition coefficient (Wildman–Crippen LogP) is 0.815. The lowest BCUT2D eigenvalue weighted by molar-refractivity contribution is -0.141. The average molecular weight is 321 g/mol. The Morgan fingerprint density at radius 3 is 2.19 bits per heavy atom. The Balaban J connectivity index is 2.76. The summed E-state index contributed by atoms with van der Waals surface area (Å²) < 4.78 is 47.0. The van der Waals surface area contributed by atoms with E-state index in [9.17, 15) is 26.8 Å². The molecule has 0 spiro atoms. The highest BCUT2D eigenvalue weighted by Gasteiger charge is 2.26. The Labute approximate surface area is 119 Å². The second-order valence-electron chi connectivity index (χ2n) is 4.25. The summed E-state index contributed by atoms with van der Waals surface area (Å²) >= 11 is 0. The van der Waals surface area contributed by atoms with Gasteiger partial charge in [-0.15, -0.1) is 0 Å². The van der Waals surface area contributed by atoms with Crippen LogP contribution in [0, 0.1) is 0 Å². The van der Waals surface area contributed by atoms with Crippen LogP contribution >= 0.6 is 0 Å². The number of hydrogen-bond donors (Lipinski definition) is 2. The molecule has 0 heterocycles. The van der Waals surface area contributed by atoms with E-state index >= 15 is 0 Å². The number of benzene rings is 1. The van der Waals surface area contributed by atoms with Crippen LogP contribution in [0.5, 0.6) is 0 Å². The van der Waals surface area contributed by atoms with Crippen LogP contribution in [0.4, 0.5) is 8.78 Å². The molecule has 0 aliphatic carbocycles. The first-order valence-corrected chi connectivity index (χ1v) is 7.32. The maximum Gasteiger partial charge on any atom is 0.341 e. The number of amides is 1. The number of carbonyl (C=O) groups excluding carboxylic acids is 1. The van der Waals surface area contributed by atoms with Crippen LogP contribution in [-0.2, 0) is 25.8 Å². The molecule has 116 valence electrons. The number of aliphatic carboxylic acids is 1. The van der Waals surface area contributed by atoms with Crippen LogP contribution in [0.15, 0.2) is 29.2 Å². The summed E-state index contributed by atoms with van der Waals surface area (Å²) in [7, 11) is -4.66. The molecule has 1 unspecified atom stereocenters. The number of sulfone groups is 1. The zero-order valence-corrected chi connectivity index (χ0v) is 11.7. The minimum absolute atomic E-state index is 0.188. The van der Waals surface area contributed by atoms with E-state index in [1.807, 2.05) is 0 Å². The summed E-state index contributed by atoms with van der Waals surface area (Å²) in [5.41, 5.74) is 0.373. The van der Waals surface area contributed by atoms with E-state index in [0.717, 1.165) is 12.1 Å². The largest absolute Gasteiger partial charge is 0.480 e. The quantitative estimate of drug-likeness (QED) is 0.808. The van der Waals surface area contributed by atoms with E-state index in [2.05, 4.69) is 5.32 Å². The fourth-order valence-electron chi connectivity index (χ4n) is 1.44. The fraction of sp³-hybridized carbons (Fsp3) is 0.333. The molecule has 1 rings (SSSR count). The first-order chi connectivity index (χ1) is 9.64. The van der Waals surface area contributed by atoms with Gasteiger partial charge in [0.05, 0.1) is 11.3 Å². The minimum Gasteiger partial charge on any atom is -0.480 e. The van der Waals surface area contributed by atoms with Crippen molar-refractivity contribution in [3.63, 3.8) is 0 Å². The SMILES string of the molecule is CC(NC(=O)Cc1ccc(S(=O)(=O)C(F)F)cc1)C(=O)O. The molecular formula is C12H13F2NO5S. The van der Waals surface area contributed by atoms with Crippen molar-refractivity contribution in [3.8, 4) is 0 Å². The zero-order chi connectivity index (χ0) is 16.2. The van der Waals surface area contributed by atoms with Gasteiger partial charge in [0.1, 0.15) is 6.04 Å². The van der Waals surface area contributed by atoms with Gasteiger partial charge in [0.15, 0.2) is 0 Å². The van der Waals surface area contributed by atoms with Gasteiger partial charge in [-0.3, -0.25) is 9.59 Å². The number of halogens is 2. The van der Waals surface area contributed by atoms with Crippen LogP contribution in [-0.4, -0.2) is 37.2 Å². The number of carboxylic acids is 1. The normalized spacial score (nSPS) is 13.0. The molecule has 0 fully saturated rings. The number of alkyl halides is 2. The van der Waals surface area contributed by atoms with Crippen LogP contribution in [0.25, 0.3) is 0 Å². The van der Waals surface area contributed by atoms with Gasteiger partial charge in [0.2, 0.25) is 15.7 Å². The fourth-order valence-corrected chi connectivity index (χ4v) is 2.16. The van der Waals surface area contributed by atoms with Gasteiger partial charge in [0.25, 0.3) is 0 Å². The molecule has 2 N–H and O–H groups in total. The van der Waals surface area contributed by atoms with Crippen molar-refractivity contribution >= 4 is 21.7 Å². The van der Waals surface area contributed by atoms with E-state index in [-0.39, 0.29) is 6.42 Å². The van der Waals surface area contributed by atoms with Crippen molar-refractivity contribution in [2.75, 3.05) is 0 Å². The molecule has 1 amide bonds. The Morgan fingerprint density at radius 1 is 1.24 bits per heavy atom. The summed E-state index contributed by atoms with van der Waals surface area (Å²) in [6, 6.07) is 3.34. The zero-order valence-electron chi connectivity index (χ0n) is 10.9. The molecule has 1 atom stereocenters. The monoisotopic (exact) mass is 321 g/mol. The van der Waals surface area contributed by atoms with Crippen molar-refractivity contribution in [1.82, 2.24) is 5.32 Å². The number of nitrogens with one attached hydrogen (secondary N) is 1. The number of carboxylic acid groups (broad SMARTS) is 1. The predicted molar refractivity (Wildman–Crippen MR) is 68.6 cm³/mol. The van der Waals surface area contributed by atoms with Crippen LogP contribution < -0.4 is 5.32 Å². The molecule has 21 heavy (non-hydrogen) atoms. The molecule has 1 aromatic carbocycles. The number of hydrogen-bond acceptors (Lipinski definition) is 4. The van der Waals surface area contributed by atoms with Gasteiger partial charge in [0, 0.05) is 0 Å². The molecule has 0 aromatic heterocycles. The lowest BCUT2D eigenvalue weighted by Crippen LogP contribution is -2.39. The molecule has 0 aliphatic heterocycles. The van der Waals surface area contributed by atoms with E-state index in [4.69, 9.17) is 5.11 Å². The summed E-state index contributed by atoms with van der Waals surface area (Å²) in [6.45, 7) is 1.29. The maximum absolute atomic E-state index is 12.3. The molecular weight excluding hydrogens is 308 g/mol. The van der Waals surface area contributed by atoms with Gasteiger partial charge in [-0.2, -0.15) is 8.78 Å². The third-order valence-electron chi connectivity index (χ3n) is 2.60. The van der Waals surface area contributed by atoms with Gasteiger partial charge >= 0.3 is 11.7 Å². The Morgan fingerprint density at radius 2 is 1.76 bits per heavy atom. The van der Waals surface area contributed by atoms with E-state index < -0.39 is 38.4 Å².